The van der Waals surface area contributed by atoms with Crippen LogP contribution in [-0.2, 0) is 21.2 Å². The van der Waals surface area contributed by atoms with Crippen molar-refractivity contribution in [2.45, 2.75) is 11.3 Å². The van der Waals surface area contributed by atoms with Crippen molar-refractivity contribution < 1.29 is 17.9 Å². The average Bonchev–Trinajstić information content (AvgIpc) is 2.65. The summed E-state index contributed by atoms with van der Waals surface area (Å²) in [6.45, 7) is 0. The molecule has 0 atom stereocenters. The highest BCUT2D eigenvalue weighted by Crippen LogP contribution is 2.30. The van der Waals surface area contributed by atoms with Gasteiger partial charge < -0.3 is 10.1 Å². The minimum absolute atomic E-state index is 0.0126. The van der Waals surface area contributed by atoms with Gasteiger partial charge in [-0.1, -0.05) is 29.8 Å². The number of nitrogens with one attached hydrogen (secondary N) is 1. The molecule has 0 saturated heterocycles. The molecule has 0 radical (unpaired) electrons. The maximum atomic E-state index is 12.3. The number of carbonyl (C=O) groups excluding carboxylic acids is 1. The van der Waals surface area contributed by atoms with Gasteiger partial charge in [0.25, 0.3) is 0 Å². The van der Waals surface area contributed by atoms with Gasteiger partial charge in [0.05, 0.1) is 18.8 Å². The summed E-state index contributed by atoms with van der Waals surface area (Å²) in [6.07, 6.45) is 4.09. The molecule has 0 aliphatic rings. The fourth-order valence-electron chi connectivity index (χ4n) is 2.38. The van der Waals surface area contributed by atoms with E-state index in [1.807, 2.05) is 0 Å². The van der Waals surface area contributed by atoms with Gasteiger partial charge in [-0.05, 0) is 29.8 Å². The number of carbonyl (C=O) groups is 1. The fraction of sp³-hybridized carbons (Fsp3) is 0.0556. The van der Waals surface area contributed by atoms with E-state index in [9.17, 15) is 13.2 Å². The number of benzene rings is 2. The number of aromatic nitrogens is 2. The Hall–Kier alpha value is -3.01. The second-order valence-electron chi connectivity index (χ2n) is 5.70. The number of nitrogens with zero attached hydrogens (tertiary/aromatic N) is 2. The summed E-state index contributed by atoms with van der Waals surface area (Å²) >= 11 is 6.05. The summed E-state index contributed by atoms with van der Waals surface area (Å²) in [4.78, 5) is 19.6. The third-order valence-corrected chi connectivity index (χ3v) is 4.91. The van der Waals surface area contributed by atoms with E-state index in [1.54, 1.807) is 24.3 Å². The summed E-state index contributed by atoms with van der Waals surface area (Å²) in [5.41, 5.74) is 0.898. The molecule has 0 fully saturated rings. The zero-order valence-electron chi connectivity index (χ0n) is 14.4. The quantitative estimate of drug-likeness (QED) is 0.634. The van der Waals surface area contributed by atoms with Crippen molar-refractivity contribution in [3.05, 3.63) is 71.8 Å². The summed E-state index contributed by atoms with van der Waals surface area (Å²) < 4.78 is 29.4. The number of anilines is 1. The lowest BCUT2D eigenvalue weighted by atomic mass is 10.1. The zero-order valence-corrected chi connectivity index (χ0v) is 15.9. The monoisotopic (exact) mass is 418 g/mol. The maximum Gasteiger partial charge on any atom is 0.241 e. The second-order valence-corrected chi connectivity index (χ2v) is 7.64. The third-order valence-electron chi connectivity index (χ3n) is 3.61. The molecule has 1 heterocycles. The first-order chi connectivity index (χ1) is 13.3. The SMILES string of the molecule is NS(=O)(=O)c1cc(NC(=O)Cc2ccccc2Cl)ccc1Oc1cncnc1. The highest BCUT2D eigenvalue weighted by atomic mass is 35.5. The second kappa shape index (κ2) is 8.34. The van der Waals surface area contributed by atoms with E-state index in [2.05, 4.69) is 15.3 Å². The number of nitrogens with two attached hydrogens (primary N) is 1. The Morgan fingerprint density at radius 2 is 1.86 bits per heavy atom. The number of hydrogen-bond donors (Lipinski definition) is 2. The van der Waals surface area contributed by atoms with E-state index in [4.69, 9.17) is 21.5 Å². The lowest BCUT2D eigenvalue weighted by Crippen LogP contribution is -2.17. The van der Waals surface area contributed by atoms with Crippen molar-refractivity contribution in [2.75, 3.05) is 5.32 Å². The molecule has 0 saturated carbocycles. The highest BCUT2D eigenvalue weighted by Gasteiger charge is 2.18. The van der Waals surface area contributed by atoms with Gasteiger partial charge in [-0.2, -0.15) is 0 Å². The fourth-order valence-corrected chi connectivity index (χ4v) is 3.26. The molecular formula is C18H15ClN4O4S. The van der Waals surface area contributed by atoms with Gasteiger partial charge in [0.15, 0.2) is 5.75 Å². The van der Waals surface area contributed by atoms with Gasteiger partial charge >= 0.3 is 0 Å². The molecule has 10 heteroatoms. The number of amides is 1. The van der Waals surface area contributed by atoms with Crippen LogP contribution in [0, 0.1) is 0 Å². The van der Waals surface area contributed by atoms with Crippen molar-refractivity contribution >= 4 is 33.2 Å². The van der Waals surface area contributed by atoms with Crippen LogP contribution in [0.1, 0.15) is 5.56 Å². The number of halogens is 1. The van der Waals surface area contributed by atoms with Crippen molar-refractivity contribution in [1.82, 2.24) is 9.97 Å². The molecule has 0 bridgehead atoms. The van der Waals surface area contributed by atoms with Gasteiger partial charge in [-0.3, -0.25) is 4.79 Å². The number of rotatable bonds is 6. The topological polar surface area (TPSA) is 124 Å². The van der Waals surface area contributed by atoms with E-state index < -0.39 is 10.0 Å². The van der Waals surface area contributed by atoms with E-state index in [-0.39, 0.29) is 34.4 Å². The molecule has 0 aliphatic heterocycles. The van der Waals surface area contributed by atoms with Crippen molar-refractivity contribution in [2.24, 2.45) is 5.14 Å². The standard InChI is InChI=1S/C18H15ClN4O4S/c19-15-4-2-1-3-12(15)7-18(24)23-13-5-6-16(17(8-13)28(20,25)26)27-14-9-21-11-22-10-14/h1-6,8-11H,7H2,(H,23,24)(H2,20,25,26). The first kappa shape index (κ1) is 19.7. The molecular weight excluding hydrogens is 404 g/mol. The summed E-state index contributed by atoms with van der Waals surface area (Å²) in [5, 5.41) is 8.38. The largest absolute Gasteiger partial charge is 0.453 e. The van der Waals surface area contributed by atoms with Crippen LogP contribution in [0.25, 0.3) is 0 Å². The van der Waals surface area contributed by atoms with Crippen LogP contribution in [-0.4, -0.2) is 24.3 Å². The molecule has 0 aliphatic carbocycles. The molecule has 8 nitrogen and oxygen atoms in total. The average molecular weight is 419 g/mol. The summed E-state index contributed by atoms with van der Waals surface area (Å²) in [6, 6.07) is 11.1. The maximum absolute atomic E-state index is 12.3. The van der Waals surface area contributed by atoms with Gasteiger partial charge in [-0.15, -0.1) is 0 Å². The highest BCUT2D eigenvalue weighted by molar-refractivity contribution is 7.89. The van der Waals surface area contributed by atoms with Crippen LogP contribution in [0.5, 0.6) is 11.5 Å². The Balaban J connectivity index is 1.83. The van der Waals surface area contributed by atoms with Crippen LogP contribution in [0.4, 0.5) is 5.69 Å². The van der Waals surface area contributed by atoms with Crippen molar-refractivity contribution in [3.8, 4) is 11.5 Å². The van der Waals surface area contributed by atoms with Gasteiger partial charge in [0, 0.05) is 10.7 Å². The predicted octanol–water partition coefficient (Wildman–Crippen LogP) is 2.75. The van der Waals surface area contributed by atoms with E-state index in [0.717, 1.165) is 0 Å². The van der Waals surface area contributed by atoms with Gasteiger partial charge in [0.2, 0.25) is 15.9 Å². The Morgan fingerprint density at radius 3 is 2.54 bits per heavy atom. The normalized spacial score (nSPS) is 11.1. The first-order valence-corrected chi connectivity index (χ1v) is 9.88. The van der Waals surface area contributed by atoms with Crippen molar-refractivity contribution in [3.63, 3.8) is 0 Å². The Morgan fingerprint density at radius 1 is 1.14 bits per heavy atom. The Labute approximate surface area is 166 Å². The minimum Gasteiger partial charge on any atom is -0.453 e. The van der Waals surface area contributed by atoms with Crippen molar-refractivity contribution in [1.29, 1.82) is 0 Å². The van der Waals surface area contributed by atoms with Gasteiger partial charge in [-0.25, -0.2) is 23.5 Å². The number of ether oxygens (including phenoxy) is 1. The Bertz CT molecular complexity index is 1110. The van der Waals surface area contributed by atoms with E-state index in [1.165, 1.54) is 36.9 Å². The first-order valence-electron chi connectivity index (χ1n) is 7.96. The molecule has 0 unspecified atom stereocenters. The molecule has 144 valence electrons. The molecule has 2 aromatic carbocycles. The molecule has 1 aromatic heterocycles. The molecule has 3 N–H and O–H groups in total. The number of primary sulfonamides is 1. The molecule has 0 spiro atoms. The number of sulfonamides is 1. The Kier molecular flexibility index (Phi) is 5.88. The molecule has 3 rings (SSSR count). The molecule has 28 heavy (non-hydrogen) atoms. The van der Waals surface area contributed by atoms with Gasteiger partial charge in [0.1, 0.15) is 17.0 Å². The lowest BCUT2D eigenvalue weighted by Gasteiger charge is -2.12. The van der Waals surface area contributed by atoms with E-state index >= 15 is 0 Å². The van der Waals surface area contributed by atoms with Crippen LogP contribution in [0.15, 0.2) is 66.1 Å². The van der Waals surface area contributed by atoms with E-state index in [0.29, 0.717) is 10.6 Å². The zero-order chi connectivity index (χ0) is 20.1. The molecule has 1 amide bonds. The van der Waals surface area contributed by atoms with Crippen LogP contribution >= 0.6 is 11.6 Å². The smallest absolute Gasteiger partial charge is 0.241 e. The van der Waals surface area contributed by atoms with Crippen LogP contribution < -0.4 is 15.2 Å². The third kappa shape index (κ3) is 5.03. The number of hydrogen-bond acceptors (Lipinski definition) is 6. The summed E-state index contributed by atoms with van der Waals surface area (Å²) in [7, 11) is -4.12. The minimum atomic E-state index is -4.12. The predicted molar refractivity (Wildman–Crippen MR) is 104 cm³/mol. The van der Waals surface area contributed by atoms with Crippen LogP contribution in [0.2, 0.25) is 5.02 Å². The summed E-state index contributed by atoms with van der Waals surface area (Å²) in [5.74, 6) is -0.136. The molecule has 3 aromatic rings. The van der Waals surface area contributed by atoms with Crippen LogP contribution in [0.3, 0.4) is 0 Å². The lowest BCUT2D eigenvalue weighted by molar-refractivity contribution is -0.115.